The number of rotatable bonds is 3. The first-order valence-electron chi connectivity index (χ1n) is 5.39. The maximum absolute atomic E-state index is 12.0. The Morgan fingerprint density at radius 2 is 1.67 bits per heavy atom. The first-order valence-corrected chi connectivity index (χ1v) is 6.14. The second kappa shape index (κ2) is 5.42. The third-order valence-corrected chi connectivity index (χ3v) is 3.33. The summed E-state index contributed by atoms with van der Waals surface area (Å²) in [5.41, 5.74) is 7.74. The summed E-state index contributed by atoms with van der Waals surface area (Å²) in [5.74, 6) is -0.00154. The van der Waals surface area contributed by atoms with Gasteiger partial charge in [0.1, 0.15) is 0 Å². The highest BCUT2D eigenvalue weighted by Crippen LogP contribution is 2.23. The fourth-order valence-electron chi connectivity index (χ4n) is 1.59. The zero-order valence-corrected chi connectivity index (χ0v) is 11.0. The average molecular weight is 280 g/mol. The summed E-state index contributed by atoms with van der Waals surface area (Å²) < 4.78 is 0. The maximum atomic E-state index is 12.0. The summed E-state index contributed by atoms with van der Waals surface area (Å²) >= 11 is 11.7. The quantitative estimate of drug-likeness (QED) is 0.682. The van der Waals surface area contributed by atoms with Crippen molar-refractivity contribution in [1.29, 1.82) is 0 Å². The van der Waals surface area contributed by atoms with E-state index in [0.717, 1.165) is 5.56 Å². The van der Waals surface area contributed by atoms with Crippen molar-refractivity contribution in [3.8, 4) is 0 Å². The Morgan fingerprint density at radius 3 is 2.28 bits per heavy atom. The molecule has 18 heavy (non-hydrogen) atoms. The Balaban J connectivity index is 2.16. The third-order valence-electron chi connectivity index (χ3n) is 2.59. The number of halogens is 2. The van der Waals surface area contributed by atoms with Crippen molar-refractivity contribution < 1.29 is 4.79 Å². The van der Waals surface area contributed by atoms with Crippen molar-refractivity contribution in [3.05, 3.63) is 63.6 Å². The van der Waals surface area contributed by atoms with E-state index in [2.05, 4.69) is 0 Å². The van der Waals surface area contributed by atoms with E-state index < -0.39 is 0 Å². The van der Waals surface area contributed by atoms with E-state index in [1.807, 2.05) is 12.1 Å². The summed E-state index contributed by atoms with van der Waals surface area (Å²) in [6.07, 6.45) is 0.318. The predicted molar refractivity (Wildman–Crippen MR) is 75.4 cm³/mol. The van der Waals surface area contributed by atoms with Crippen LogP contribution in [0.3, 0.4) is 0 Å². The van der Waals surface area contributed by atoms with Crippen LogP contribution in [-0.4, -0.2) is 5.78 Å². The smallest absolute Gasteiger partial charge is 0.167 e. The van der Waals surface area contributed by atoms with Gasteiger partial charge in [-0.25, -0.2) is 0 Å². The Morgan fingerprint density at radius 1 is 1.00 bits per heavy atom. The van der Waals surface area contributed by atoms with Crippen LogP contribution in [0.1, 0.15) is 15.9 Å². The minimum atomic E-state index is -0.00154. The molecule has 2 N–H and O–H groups in total. The molecule has 0 aromatic heterocycles. The Bertz CT molecular complexity index is 579. The number of carbonyl (C=O) groups excluding carboxylic acids is 1. The summed E-state index contributed by atoms with van der Waals surface area (Å²) in [6.45, 7) is 0. The van der Waals surface area contributed by atoms with Gasteiger partial charge in [0.05, 0.1) is 10.0 Å². The molecule has 0 fully saturated rings. The van der Waals surface area contributed by atoms with Crippen molar-refractivity contribution in [3.63, 3.8) is 0 Å². The molecule has 0 aliphatic heterocycles. The van der Waals surface area contributed by atoms with Crippen LogP contribution in [0.4, 0.5) is 5.69 Å². The normalized spacial score (nSPS) is 10.3. The first-order chi connectivity index (χ1) is 8.56. The van der Waals surface area contributed by atoms with E-state index in [1.54, 1.807) is 30.3 Å². The van der Waals surface area contributed by atoms with Gasteiger partial charge in [0, 0.05) is 17.7 Å². The third kappa shape index (κ3) is 3.03. The van der Waals surface area contributed by atoms with Crippen molar-refractivity contribution in [2.45, 2.75) is 6.42 Å². The molecule has 4 heteroatoms. The van der Waals surface area contributed by atoms with Gasteiger partial charge in [-0.15, -0.1) is 0 Å². The minimum Gasteiger partial charge on any atom is -0.399 e. The second-order valence-corrected chi connectivity index (χ2v) is 4.78. The molecule has 0 saturated heterocycles. The topological polar surface area (TPSA) is 43.1 Å². The Hall–Kier alpha value is -1.51. The molecular weight excluding hydrogens is 269 g/mol. The molecule has 0 heterocycles. The van der Waals surface area contributed by atoms with Crippen LogP contribution in [0.25, 0.3) is 0 Å². The number of anilines is 1. The molecule has 0 unspecified atom stereocenters. The highest BCUT2D eigenvalue weighted by atomic mass is 35.5. The SMILES string of the molecule is Nc1ccc(CC(=O)c2ccc(Cl)c(Cl)c2)cc1. The number of benzene rings is 2. The molecule has 2 rings (SSSR count). The highest BCUT2D eigenvalue weighted by Gasteiger charge is 2.09. The molecule has 0 radical (unpaired) electrons. The van der Waals surface area contributed by atoms with Gasteiger partial charge in [0.15, 0.2) is 5.78 Å². The van der Waals surface area contributed by atoms with Crippen LogP contribution in [0, 0.1) is 0 Å². The predicted octanol–water partition coefficient (Wildman–Crippen LogP) is 4.00. The number of nitrogen functional groups attached to an aromatic ring is 1. The number of hydrogen-bond donors (Lipinski definition) is 1. The molecule has 0 aliphatic rings. The summed E-state index contributed by atoms with van der Waals surface area (Å²) in [5, 5.41) is 0.834. The van der Waals surface area contributed by atoms with Crippen LogP contribution in [0.5, 0.6) is 0 Å². The number of nitrogens with two attached hydrogens (primary N) is 1. The molecule has 0 aliphatic carbocycles. The Labute approximate surface area is 115 Å². The minimum absolute atomic E-state index is 0.00154. The van der Waals surface area contributed by atoms with Crippen LogP contribution in [0.15, 0.2) is 42.5 Å². The molecule has 0 bridgehead atoms. The molecule has 0 saturated carbocycles. The second-order valence-electron chi connectivity index (χ2n) is 3.97. The molecule has 2 nitrogen and oxygen atoms in total. The summed E-state index contributed by atoms with van der Waals surface area (Å²) in [7, 11) is 0. The average Bonchev–Trinajstić information content (AvgIpc) is 2.35. The van der Waals surface area contributed by atoms with E-state index >= 15 is 0 Å². The van der Waals surface area contributed by atoms with E-state index in [0.29, 0.717) is 27.7 Å². The number of carbonyl (C=O) groups is 1. The lowest BCUT2D eigenvalue weighted by Gasteiger charge is -2.03. The number of hydrogen-bond acceptors (Lipinski definition) is 2. The molecular formula is C14H11Cl2NO. The van der Waals surface area contributed by atoms with Gasteiger partial charge in [-0.05, 0) is 35.9 Å². The van der Waals surface area contributed by atoms with Crippen LogP contribution < -0.4 is 5.73 Å². The standard InChI is InChI=1S/C14H11Cl2NO/c15-12-6-3-10(8-13(12)16)14(18)7-9-1-4-11(17)5-2-9/h1-6,8H,7,17H2. The summed E-state index contributed by atoms with van der Waals surface area (Å²) in [4.78, 5) is 12.0. The molecule has 2 aromatic carbocycles. The van der Waals surface area contributed by atoms with Gasteiger partial charge in [-0.1, -0.05) is 35.3 Å². The van der Waals surface area contributed by atoms with Gasteiger partial charge >= 0.3 is 0 Å². The fraction of sp³-hybridized carbons (Fsp3) is 0.0714. The van der Waals surface area contributed by atoms with Crippen molar-refractivity contribution in [2.24, 2.45) is 0 Å². The van der Waals surface area contributed by atoms with Crippen LogP contribution in [0.2, 0.25) is 10.0 Å². The molecule has 0 amide bonds. The fourth-order valence-corrected chi connectivity index (χ4v) is 1.89. The highest BCUT2D eigenvalue weighted by molar-refractivity contribution is 6.42. The Kier molecular flexibility index (Phi) is 3.90. The molecule has 2 aromatic rings. The van der Waals surface area contributed by atoms with Crippen LogP contribution >= 0.6 is 23.2 Å². The summed E-state index contributed by atoms with van der Waals surface area (Å²) in [6, 6.07) is 12.1. The monoisotopic (exact) mass is 279 g/mol. The van der Waals surface area contributed by atoms with Gasteiger partial charge in [0.25, 0.3) is 0 Å². The number of ketones is 1. The van der Waals surface area contributed by atoms with E-state index in [4.69, 9.17) is 28.9 Å². The molecule has 0 atom stereocenters. The van der Waals surface area contributed by atoms with E-state index in [-0.39, 0.29) is 5.78 Å². The lowest BCUT2D eigenvalue weighted by molar-refractivity contribution is 0.0993. The molecule has 0 spiro atoms. The number of Topliss-reactive ketones (excluding diaryl/α,β-unsaturated/α-hetero) is 1. The molecule has 92 valence electrons. The van der Waals surface area contributed by atoms with Crippen molar-refractivity contribution in [2.75, 3.05) is 5.73 Å². The van der Waals surface area contributed by atoms with Gasteiger partial charge < -0.3 is 5.73 Å². The lowest BCUT2D eigenvalue weighted by Crippen LogP contribution is -2.03. The van der Waals surface area contributed by atoms with Gasteiger partial charge in [-0.3, -0.25) is 4.79 Å². The van der Waals surface area contributed by atoms with Gasteiger partial charge in [-0.2, -0.15) is 0 Å². The van der Waals surface area contributed by atoms with Crippen LogP contribution in [-0.2, 0) is 6.42 Å². The van der Waals surface area contributed by atoms with E-state index in [1.165, 1.54) is 0 Å². The van der Waals surface area contributed by atoms with Crippen molar-refractivity contribution >= 4 is 34.7 Å². The van der Waals surface area contributed by atoms with Gasteiger partial charge in [0.2, 0.25) is 0 Å². The zero-order valence-electron chi connectivity index (χ0n) is 9.49. The van der Waals surface area contributed by atoms with E-state index in [9.17, 15) is 4.79 Å². The first kappa shape index (κ1) is 12.9. The largest absolute Gasteiger partial charge is 0.399 e. The lowest BCUT2D eigenvalue weighted by atomic mass is 10.0. The maximum Gasteiger partial charge on any atom is 0.167 e. The zero-order chi connectivity index (χ0) is 13.1. The van der Waals surface area contributed by atoms with Crippen molar-refractivity contribution in [1.82, 2.24) is 0 Å².